The van der Waals surface area contributed by atoms with E-state index in [1.54, 1.807) is 19.1 Å². The molecule has 0 radical (unpaired) electrons. The molecule has 0 atom stereocenters. The van der Waals surface area contributed by atoms with Crippen molar-refractivity contribution < 1.29 is 40.6 Å². The number of aliphatic hydroxyl groups excluding tert-OH is 1. The smallest absolute Gasteiger partial charge is 0.434 e. The van der Waals surface area contributed by atoms with Crippen molar-refractivity contribution in [2.45, 2.75) is 37.9 Å². The first-order valence-corrected chi connectivity index (χ1v) is 15.4. The van der Waals surface area contributed by atoms with Crippen LogP contribution in [0.3, 0.4) is 0 Å². The lowest BCUT2D eigenvalue weighted by atomic mass is 10.0. The molecule has 0 spiro atoms. The van der Waals surface area contributed by atoms with Crippen LogP contribution in [0.5, 0.6) is 11.6 Å². The van der Waals surface area contributed by atoms with Crippen LogP contribution < -0.4 is 19.5 Å². The molecule has 2 aromatic heterocycles. The molecule has 2 N–H and O–H groups in total. The van der Waals surface area contributed by atoms with E-state index < -0.39 is 27.5 Å². The van der Waals surface area contributed by atoms with E-state index in [1.807, 2.05) is 6.92 Å². The summed E-state index contributed by atoms with van der Waals surface area (Å²) in [5, 5.41) is 18.8. The van der Waals surface area contributed by atoms with E-state index in [-0.39, 0.29) is 53.4 Å². The fourth-order valence-corrected chi connectivity index (χ4v) is 5.96. The summed E-state index contributed by atoms with van der Waals surface area (Å²) in [6.07, 6.45) is 0.0518. The molecule has 3 heterocycles. The first-order chi connectivity index (χ1) is 21.4. The Morgan fingerprint density at radius 2 is 1.98 bits per heavy atom. The summed E-state index contributed by atoms with van der Waals surface area (Å²) in [5.41, 5.74) is -0.447. The summed E-state index contributed by atoms with van der Waals surface area (Å²) in [5.74, 6) is 0.122. The van der Waals surface area contributed by atoms with Crippen LogP contribution in [0.1, 0.15) is 36.4 Å². The summed E-state index contributed by atoms with van der Waals surface area (Å²) in [7, 11) is -4.17. The zero-order chi connectivity index (χ0) is 32.8. The molecule has 1 aliphatic rings. The zero-order valence-electron chi connectivity index (χ0n) is 24.0. The predicted octanol–water partition coefficient (Wildman–Crippen LogP) is 4.63. The number of anilines is 1. The second kappa shape index (κ2) is 14.2. The molecule has 17 heteroatoms. The minimum Gasteiger partial charge on any atom is -0.489 e. The number of halogens is 4. The molecular formula is C28H29ClF3N5O7S. The standard InChI is InChI=1S/C24H23ClF3N3O5S.C4H6N2O2/c1-2-30-15-22(23(29-30)36-13-11-32)37(33,34)31-10-12-35-21-9-7-16(14-20(21)31)6-8-17-18(24(26,27)28)4-3-5-19(17)25;1-2-3-5-6-4(7)8-3/h3-9,14-15,32H,2,10-13H2,1H3;2H2,1H3,(H,6,7)/b8-6+;. The fraction of sp³-hybridized carbons (Fsp3) is 0.321. The van der Waals surface area contributed by atoms with Crippen molar-refractivity contribution in [1.82, 2.24) is 20.0 Å². The maximum Gasteiger partial charge on any atom is 0.434 e. The summed E-state index contributed by atoms with van der Waals surface area (Å²) in [6.45, 7) is 3.65. The number of hydrogen-bond acceptors (Lipinski definition) is 9. The molecule has 0 saturated heterocycles. The zero-order valence-corrected chi connectivity index (χ0v) is 25.6. The third-order valence-corrected chi connectivity index (χ3v) is 8.43. The Labute approximate surface area is 260 Å². The van der Waals surface area contributed by atoms with Crippen LogP contribution >= 0.6 is 11.6 Å². The molecule has 242 valence electrons. The van der Waals surface area contributed by atoms with Gasteiger partial charge in [0.1, 0.15) is 19.0 Å². The molecule has 0 aliphatic carbocycles. The Balaban J connectivity index is 0.000000501. The van der Waals surface area contributed by atoms with Gasteiger partial charge < -0.3 is 19.0 Å². The lowest BCUT2D eigenvalue weighted by Gasteiger charge is -2.30. The SMILES string of the molecule is CCc1n[nH]c(=O)o1.CCn1cc(S(=O)(=O)N2CCOc3ccc(/C=C/c4c(Cl)cccc4C(F)(F)F)cc32)c(OCCO)n1. The molecule has 12 nitrogen and oxygen atoms in total. The summed E-state index contributed by atoms with van der Waals surface area (Å²) in [6, 6.07) is 8.17. The molecule has 0 bridgehead atoms. The van der Waals surface area contributed by atoms with Crippen molar-refractivity contribution in [1.29, 1.82) is 0 Å². The second-order valence-corrected chi connectivity index (χ2v) is 11.5. The minimum atomic E-state index is -4.60. The molecule has 45 heavy (non-hydrogen) atoms. The largest absolute Gasteiger partial charge is 0.489 e. The predicted molar refractivity (Wildman–Crippen MR) is 159 cm³/mol. The van der Waals surface area contributed by atoms with Crippen LogP contribution in [0.4, 0.5) is 18.9 Å². The molecule has 2 aromatic carbocycles. The van der Waals surface area contributed by atoms with Gasteiger partial charge in [0.2, 0.25) is 5.89 Å². The fourth-order valence-electron chi connectivity index (χ4n) is 4.19. The van der Waals surface area contributed by atoms with E-state index in [0.29, 0.717) is 30.2 Å². The number of rotatable bonds is 9. The number of alkyl halides is 3. The molecule has 0 amide bonds. The number of ether oxygens (including phenoxy) is 2. The van der Waals surface area contributed by atoms with E-state index in [2.05, 4.69) is 19.7 Å². The van der Waals surface area contributed by atoms with Crippen LogP contribution in [0.15, 0.2) is 56.7 Å². The highest BCUT2D eigenvalue weighted by Crippen LogP contribution is 2.39. The number of fused-ring (bicyclic) bond motifs is 1. The maximum atomic E-state index is 13.7. The Morgan fingerprint density at radius 3 is 2.60 bits per heavy atom. The number of hydrogen-bond donors (Lipinski definition) is 2. The van der Waals surface area contributed by atoms with Gasteiger partial charge in [0.15, 0.2) is 4.90 Å². The van der Waals surface area contributed by atoms with Gasteiger partial charge in [0.25, 0.3) is 15.9 Å². The van der Waals surface area contributed by atoms with Crippen molar-refractivity contribution in [2.75, 3.05) is 30.7 Å². The normalized spacial score (nSPS) is 13.3. The lowest BCUT2D eigenvalue weighted by molar-refractivity contribution is -0.137. The number of benzene rings is 2. The monoisotopic (exact) mass is 671 g/mol. The van der Waals surface area contributed by atoms with Gasteiger partial charge in [-0.15, -0.1) is 10.2 Å². The third kappa shape index (κ3) is 7.87. The molecule has 5 rings (SSSR count). The average Bonchev–Trinajstić information content (AvgIpc) is 3.64. The van der Waals surface area contributed by atoms with Gasteiger partial charge in [0.05, 0.1) is 24.4 Å². The third-order valence-electron chi connectivity index (χ3n) is 6.31. The number of aryl methyl sites for hydroxylation is 2. The number of aromatic amines is 1. The first-order valence-electron chi connectivity index (χ1n) is 13.6. The van der Waals surface area contributed by atoms with Crippen LogP contribution in [0.2, 0.25) is 5.02 Å². The maximum absolute atomic E-state index is 13.7. The first kappa shape index (κ1) is 33.6. The lowest BCUT2D eigenvalue weighted by Crippen LogP contribution is -2.38. The second-order valence-electron chi connectivity index (χ2n) is 9.27. The number of aliphatic hydroxyl groups is 1. The Hall–Kier alpha value is -4.28. The van der Waals surface area contributed by atoms with E-state index in [9.17, 15) is 26.4 Å². The number of nitrogens with zero attached hydrogens (tertiary/aromatic N) is 4. The highest BCUT2D eigenvalue weighted by Gasteiger charge is 2.35. The Kier molecular flexibility index (Phi) is 10.6. The number of H-pyrrole nitrogens is 1. The molecule has 0 saturated carbocycles. The van der Waals surface area contributed by atoms with E-state index in [0.717, 1.165) is 10.4 Å². The molecule has 4 aromatic rings. The Bertz CT molecular complexity index is 1820. The van der Waals surface area contributed by atoms with E-state index in [4.69, 9.17) is 26.2 Å². The minimum absolute atomic E-state index is 0.0119. The van der Waals surface area contributed by atoms with Gasteiger partial charge >= 0.3 is 11.9 Å². The van der Waals surface area contributed by atoms with Gasteiger partial charge in [-0.1, -0.05) is 42.8 Å². The van der Waals surface area contributed by atoms with Gasteiger partial charge in [-0.3, -0.25) is 8.99 Å². The topological polar surface area (TPSA) is 153 Å². The quantitative estimate of drug-likeness (QED) is 0.243. The van der Waals surface area contributed by atoms with Gasteiger partial charge in [-0.2, -0.15) is 13.2 Å². The van der Waals surface area contributed by atoms with Gasteiger partial charge in [-0.05, 0) is 36.8 Å². The summed E-state index contributed by atoms with van der Waals surface area (Å²) in [4.78, 5) is 9.99. The highest BCUT2D eigenvalue weighted by molar-refractivity contribution is 7.93. The average molecular weight is 672 g/mol. The number of aromatic nitrogens is 4. The Morgan fingerprint density at radius 1 is 1.20 bits per heavy atom. The van der Waals surface area contributed by atoms with Crippen LogP contribution in [-0.2, 0) is 29.2 Å². The molecular weight excluding hydrogens is 643 g/mol. The van der Waals surface area contributed by atoms with Crippen molar-refractivity contribution in [3.05, 3.63) is 80.7 Å². The molecule has 1 aliphatic heterocycles. The highest BCUT2D eigenvalue weighted by atomic mass is 35.5. The van der Waals surface area contributed by atoms with E-state index in [1.165, 1.54) is 41.2 Å². The van der Waals surface area contributed by atoms with E-state index >= 15 is 0 Å². The summed E-state index contributed by atoms with van der Waals surface area (Å²) >= 11 is 6.04. The number of sulfonamides is 1. The van der Waals surface area contributed by atoms with Gasteiger partial charge in [0, 0.05) is 29.7 Å². The van der Waals surface area contributed by atoms with Crippen molar-refractivity contribution >= 4 is 39.5 Å². The van der Waals surface area contributed by atoms with Crippen molar-refractivity contribution in [3.8, 4) is 11.6 Å². The van der Waals surface area contributed by atoms with Gasteiger partial charge in [-0.25, -0.2) is 18.3 Å². The van der Waals surface area contributed by atoms with Crippen molar-refractivity contribution in [3.63, 3.8) is 0 Å². The summed E-state index contributed by atoms with van der Waals surface area (Å²) < 4.78 is 85.7. The van der Waals surface area contributed by atoms with Crippen LogP contribution in [0.25, 0.3) is 12.2 Å². The van der Waals surface area contributed by atoms with Crippen molar-refractivity contribution in [2.24, 2.45) is 0 Å². The van der Waals surface area contributed by atoms with Crippen LogP contribution in [0, 0.1) is 0 Å². The molecule has 0 fully saturated rings. The van der Waals surface area contributed by atoms with Crippen LogP contribution in [-0.4, -0.2) is 59.9 Å². The molecule has 0 unspecified atom stereocenters. The number of nitrogens with one attached hydrogen (secondary N) is 1.